The molecule has 3 aromatic rings. The number of halogens is 1. The Morgan fingerprint density at radius 2 is 1.93 bits per heavy atom. The predicted octanol–water partition coefficient (Wildman–Crippen LogP) is 1.23. The van der Waals surface area contributed by atoms with Gasteiger partial charge in [-0.1, -0.05) is 11.6 Å². The minimum atomic E-state index is -0.665. The molecule has 0 aliphatic rings. The maximum Gasteiger partial charge on any atom is 0.340 e. The van der Waals surface area contributed by atoms with Crippen molar-refractivity contribution in [1.29, 1.82) is 0 Å². The maximum atomic E-state index is 12.3. The van der Waals surface area contributed by atoms with Crippen molar-refractivity contribution in [3.63, 3.8) is 0 Å². The molecule has 0 atom stereocenters. The molecule has 0 radical (unpaired) electrons. The average molecular weight is 406 g/mol. The van der Waals surface area contributed by atoms with Gasteiger partial charge in [0, 0.05) is 36.3 Å². The van der Waals surface area contributed by atoms with Gasteiger partial charge in [0.1, 0.15) is 5.15 Å². The molecule has 0 aliphatic heterocycles. The van der Waals surface area contributed by atoms with Crippen LogP contribution in [0.4, 0.5) is 0 Å². The Balaban J connectivity index is 2.08. The van der Waals surface area contributed by atoms with Crippen molar-refractivity contribution in [3.05, 3.63) is 56.6 Å². The molecule has 3 N–H and O–H groups in total. The van der Waals surface area contributed by atoms with Gasteiger partial charge < -0.3 is 19.6 Å². The number of carbonyl (C=O) groups is 2. The molecule has 0 aromatic carbocycles. The average Bonchev–Trinajstić information content (AvgIpc) is 3.25. The summed E-state index contributed by atoms with van der Waals surface area (Å²) in [4.78, 5) is 47.4. The van der Waals surface area contributed by atoms with Crippen molar-refractivity contribution in [3.8, 4) is 11.3 Å². The molecular formula is C17H16ClN5O5. The molecule has 10 nitrogen and oxygen atoms in total. The van der Waals surface area contributed by atoms with E-state index in [1.807, 2.05) is 0 Å². The zero-order valence-electron chi connectivity index (χ0n) is 15.0. The number of hydrogen-bond donors (Lipinski definition) is 3. The molecule has 0 fully saturated rings. The SMILES string of the molecule is COC(=O)Cc1c(Cl)[nH]c(Cc2nccnc2-c2c[nH][nH]c2=O)c1C(=O)OC. The molecule has 0 bridgehead atoms. The summed E-state index contributed by atoms with van der Waals surface area (Å²) in [6, 6.07) is 0. The molecule has 0 aliphatic carbocycles. The van der Waals surface area contributed by atoms with Gasteiger partial charge in [0.15, 0.2) is 0 Å². The van der Waals surface area contributed by atoms with Crippen molar-refractivity contribution >= 4 is 23.5 Å². The van der Waals surface area contributed by atoms with Crippen LogP contribution in [0.25, 0.3) is 11.3 Å². The second-order valence-electron chi connectivity index (χ2n) is 5.70. The molecule has 0 saturated carbocycles. The second kappa shape index (κ2) is 8.09. The van der Waals surface area contributed by atoms with Crippen LogP contribution < -0.4 is 5.56 Å². The normalized spacial score (nSPS) is 10.7. The van der Waals surface area contributed by atoms with E-state index in [0.717, 1.165) is 0 Å². The Labute approximate surface area is 163 Å². The number of H-pyrrole nitrogens is 3. The smallest absolute Gasteiger partial charge is 0.340 e. The van der Waals surface area contributed by atoms with Gasteiger partial charge >= 0.3 is 11.9 Å². The summed E-state index contributed by atoms with van der Waals surface area (Å²) in [6.45, 7) is 0. The van der Waals surface area contributed by atoms with Gasteiger partial charge in [-0.15, -0.1) is 0 Å². The summed E-state index contributed by atoms with van der Waals surface area (Å²) >= 11 is 6.22. The Morgan fingerprint density at radius 3 is 2.57 bits per heavy atom. The first kappa shape index (κ1) is 19.4. The summed E-state index contributed by atoms with van der Waals surface area (Å²) in [5, 5.41) is 5.16. The van der Waals surface area contributed by atoms with Gasteiger partial charge in [-0.05, 0) is 0 Å². The lowest BCUT2D eigenvalue weighted by atomic mass is 10.0. The van der Waals surface area contributed by atoms with Gasteiger partial charge in [0.05, 0.1) is 43.2 Å². The van der Waals surface area contributed by atoms with E-state index >= 15 is 0 Å². The van der Waals surface area contributed by atoms with E-state index in [9.17, 15) is 14.4 Å². The minimum absolute atomic E-state index is 0.0963. The number of aromatic nitrogens is 5. The number of nitrogens with zero attached hydrogens (tertiary/aromatic N) is 2. The minimum Gasteiger partial charge on any atom is -0.469 e. The molecular weight excluding hydrogens is 390 g/mol. The van der Waals surface area contributed by atoms with E-state index in [0.29, 0.717) is 22.6 Å². The molecule has 3 heterocycles. The summed E-state index contributed by atoms with van der Waals surface area (Å²) in [5.74, 6) is -1.22. The van der Waals surface area contributed by atoms with E-state index in [1.54, 1.807) is 0 Å². The highest BCUT2D eigenvalue weighted by atomic mass is 35.5. The lowest BCUT2D eigenvalue weighted by Crippen LogP contribution is -2.12. The number of hydrogen-bond acceptors (Lipinski definition) is 7. The Kier molecular flexibility index (Phi) is 5.59. The van der Waals surface area contributed by atoms with E-state index in [4.69, 9.17) is 16.3 Å². The molecule has 3 aromatic heterocycles. The number of nitrogens with one attached hydrogen (secondary N) is 3. The zero-order chi connectivity index (χ0) is 20.3. The quantitative estimate of drug-likeness (QED) is 0.523. The topological polar surface area (TPSA) is 143 Å². The molecule has 146 valence electrons. The Bertz CT molecular complexity index is 1080. The number of aromatic amines is 3. The first-order chi connectivity index (χ1) is 13.5. The number of methoxy groups -OCH3 is 2. The lowest BCUT2D eigenvalue weighted by Gasteiger charge is -2.07. The number of carbonyl (C=O) groups excluding carboxylic acids is 2. The van der Waals surface area contributed by atoms with Gasteiger partial charge in [-0.3, -0.25) is 24.7 Å². The first-order valence-corrected chi connectivity index (χ1v) is 8.44. The first-order valence-electron chi connectivity index (χ1n) is 8.06. The third-order valence-electron chi connectivity index (χ3n) is 4.09. The zero-order valence-corrected chi connectivity index (χ0v) is 15.7. The highest BCUT2D eigenvalue weighted by molar-refractivity contribution is 6.31. The number of ether oxygens (including phenoxy) is 2. The Morgan fingerprint density at radius 1 is 1.18 bits per heavy atom. The highest BCUT2D eigenvalue weighted by Crippen LogP contribution is 2.28. The van der Waals surface area contributed by atoms with E-state index in [-0.39, 0.29) is 34.7 Å². The maximum absolute atomic E-state index is 12.3. The van der Waals surface area contributed by atoms with Crippen LogP contribution in [-0.2, 0) is 27.1 Å². The van der Waals surface area contributed by atoms with Crippen molar-refractivity contribution < 1.29 is 19.1 Å². The summed E-state index contributed by atoms with van der Waals surface area (Å²) in [6.07, 6.45) is 4.29. The Hall–Kier alpha value is -3.40. The molecule has 28 heavy (non-hydrogen) atoms. The molecule has 3 rings (SSSR count). The molecule has 0 saturated heterocycles. The number of esters is 2. The lowest BCUT2D eigenvalue weighted by molar-refractivity contribution is -0.139. The van der Waals surface area contributed by atoms with Gasteiger partial charge in [-0.25, -0.2) is 4.79 Å². The fraction of sp³-hybridized carbons (Fsp3) is 0.235. The van der Waals surface area contributed by atoms with Crippen molar-refractivity contribution in [2.45, 2.75) is 12.8 Å². The van der Waals surface area contributed by atoms with Gasteiger partial charge in [0.25, 0.3) is 5.56 Å². The summed E-state index contributed by atoms with van der Waals surface area (Å²) in [7, 11) is 2.46. The molecule has 0 unspecified atom stereocenters. The fourth-order valence-electron chi connectivity index (χ4n) is 2.80. The third kappa shape index (κ3) is 3.67. The molecule has 0 amide bonds. The van der Waals surface area contributed by atoms with Crippen molar-refractivity contribution in [2.75, 3.05) is 14.2 Å². The van der Waals surface area contributed by atoms with Crippen LogP contribution in [-0.4, -0.2) is 51.3 Å². The van der Waals surface area contributed by atoms with Crippen LogP contribution in [0.2, 0.25) is 5.15 Å². The van der Waals surface area contributed by atoms with Gasteiger partial charge in [0.2, 0.25) is 0 Å². The van der Waals surface area contributed by atoms with Gasteiger partial charge in [-0.2, -0.15) is 0 Å². The highest BCUT2D eigenvalue weighted by Gasteiger charge is 2.26. The van der Waals surface area contributed by atoms with Crippen molar-refractivity contribution in [1.82, 2.24) is 25.1 Å². The standard InChI is InChI=1S/C17H16ClN5O5/c1-27-12(24)5-8-13(17(26)28-2)10(22-15(8)18)6-11-14(20-4-3-19-11)9-7-21-23-16(9)25/h3-4,7,22H,5-6H2,1-2H3,(H2,21,23,25). The summed E-state index contributed by atoms with van der Waals surface area (Å²) in [5.41, 5.74) is 1.49. The number of rotatable bonds is 6. The predicted molar refractivity (Wildman–Crippen MR) is 98.1 cm³/mol. The van der Waals surface area contributed by atoms with Crippen LogP contribution in [0.5, 0.6) is 0 Å². The summed E-state index contributed by atoms with van der Waals surface area (Å²) < 4.78 is 9.50. The molecule has 0 spiro atoms. The van der Waals surface area contributed by atoms with Crippen molar-refractivity contribution in [2.24, 2.45) is 0 Å². The van der Waals surface area contributed by atoms with Crippen LogP contribution in [0.1, 0.15) is 27.3 Å². The molecule has 11 heteroatoms. The van der Waals surface area contributed by atoms with Crippen LogP contribution in [0.15, 0.2) is 23.4 Å². The van der Waals surface area contributed by atoms with Crippen LogP contribution >= 0.6 is 11.6 Å². The third-order valence-corrected chi connectivity index (χ3v) is 4.41. The van der Waals surface area contributed by atoms with E-state index < -0.39 is 11.9 Å². The second-order valence-corrected chi connectivity index (χ2v) is 6.08. The largest absolute Gasteiger partial charge is 0.469 e. The fourth-order valence-corrected chi connectivity index (χ4v) is 3.07. The van der Waals surface area contributed by atoms with E-state index in [1.165, 1.54) is 32.8 Å². The monoisotopic (exact) mass is 405 g/mol. The van der Waals surface area contributed by atoms with Crippen LogP contribution in [0.3, 0.4) is 0 Å². The van der Waals surface area contributed by atoms with Crippen LogP contribution in [0, 0.1) is 0 Å². The van der Waals surface area contributed by atoms with E-state index in [2.05, 4.69) is 29.9 Å².